The lowest BCUT2D eigenvalue weighted by Gasteiger charge is -2.49. The van der Waals surface area contributed by atoms with E-state index >= 15 is 0 Å². The Balaban J connectivity index is 1.41. The normalized spacial score (nSPS) is 18.3. The number of benzene rings is 3. The molecule has 3 aliphatic heterocycles. The number of carbonyl (C=O) groups excluding carboxylic acids is 9. The monoisotopic (exact) mass is 885 g/mol. The minimum Gasteiger partial charge on any atom is -0.448 e. The summed E-state index contributed by atoms with van der Waals surface area (Å²) in [6, 6.07) is 18.8. The predicted octanol–water partition coefficient (Wildman–Crippen LogP) is 3.84. The van der Waals surface area contributed by atoms with E-state index in [1.807, 2.05) is 12.1 Å². The number of esters is 3. The molecule has 0 spiro atoms. The molecule has 324 valence electrons. The van der Waals surface area contributed by atoms with Crippen molar-refractivity contribution in [3.63, 3.8) is 0 Å². The lowest BCUT2D eigenvalue weighted by molar-refractivity contribution is -0.155. The number of ether oxygens (including phenoxy) is 3. The minimum atomic E-state index is -1.74. The molecule has 2 saturated heterocycles. The van der Waals surface area contributed by atoms with Crippen molar-refractivity contribution < 1.29 is 57.4 Å². The summed E-state index contributed by atoms with van der Waals surface area (Å²) < 4.78 is 16.7. The number of imide groups is 1. The molecule has 0 bridgehead atoms. The SMILES string of the molecule is CCN1CCN(C(=O)NC(C(=O)NC(SC(C)=O)C2=C(C(=O)OC(c3ccccc3)c3ccccc3)N3C(=O)[C@@H](C)[C@H]3SC2)c2ccc(OC(C)=O)c(OC(C)=O)c2)C(=O)C1=O. The first kappa shape index (κ1) is 45.1. The number of hydrogen-bond donors (Lipinski definition) is 2. The summed E-state index contributed by atoms with van der Waals surface area (Å²) in [6.45, 7) is 6.92. The molecule has 0 aliphatic carbocycles. The summed E-state index contributed by atoms with van der Waals surface area (Å²) in [5.74, 6) is -6.75. The Morgan fingerprint density at radius 2 is 1.40 bits per heavy atom. The first-order valence-corrected chi connectivity index (χ1v) is 21.4. The molecule has 62 heavy (non-hydrogen) atoms. The van der Waals surface area contributed by atoms with Gasteiger partial charge in [-0.2, -0.15) is 0 Å². The molecule has 3 aromatic carbocycles. The Morgan fingerprint density at radius 1 is 0.790 bits per heavy atom. The summed E-state index contributed by atoms with van der Waals surface area (Å²) in [5.41, 5.74) is 1.24. The van der Waals surface area contributed by atoms with Gasteiger partial charge in [-0.1, -0.05) is 85.4 Å². The third kappa shape index (κ3) is 9.84. The van der Waals surface area contributed by atoms with E-state index in [-0.39, 0.29) is 59.6 Å². The number of likely N-dealkylation sites (N-methyl/N-ethyl adjacent to an activating group) is 1. The van der Waals surface area contributed by atoms with Crippen molar-refractivity contribution in [3.8, 4) is 11.5 Å². The van der Waals surface area contributed by atoms with Crippen LogP contribution in [0.1, 0.15) is 63.5 Å². The van der Waals surface area contributed by atoms with Gasteiger partial charge in [0.1, 0.15) is 17.1 Å². The quantitative estimate of drug-likeness (QED) is 0.0821. The van der Waals surface area contributed by atoms with Crippen LogP contribution in [0.2, 0.25) is 0 Å². The van der Waals surface area contributed by atoms with E-state index in [2.05, 4.69) is 10.6 Å². The number of carbonyl (C=O) groups is 9. The lowest BCUT2D eigenvalue weighted by Crippen LogP contribution is -2.61. The molecular weight excluding hydrogens is 843 g/mol. The van der Waals surface area contributed by atoms with Gasteiger partial charge in [-0.25, -0.2) is 9.59 Å². The fraction of sp³-hybridized carbons (Fsp3) is 0.326. The molecule has 0 aromatic heterocycles. The summed E-state index contributed by atoms with van der Waals surface area (Å²) >= 11 is 1.96. The number of β-lactam (4-membered cyclic amide) rings is 1. The molecule has 3 aliphatic rings. The Morgan fingerprint density at radius 3 is 1.98 bits per heavy atom. The molecular formula is C43H43N5O12S2. The highest BCUT2D eigenvalue weighted by Gasteiger charge is 2.53. The van der Waals surface area contributed by atoms with Gasteiger partial charge in [-0.15, -0.1) is 11.8 Å². The summed E-state index contributed by atoms with van der Waals surface area (Å²) in [7, 11) is 0. The Labute approximate surface area is 364 Å². The van der Waals surface area contributed by atoms with Crippen LogP contribution in [0, 0.1) is 5.92 Å². The number of piperazine rings is 1. The number of rotatable bonds is 13. The molecule has 2 unspecified atom stereocenters. The first-order chi connectivity index (χ1) is 29.6. The van der Waals surface area contributed by atoms with Gasteiger partial charge in [0, 0.05) is 51.7 Å². The molecule has 2 N–H and O–H groups in total. The van der Waals surface area contributed by atoms with Crippen molar-refractivity contribution in [2.45, 2.75) is 57.5 Å². The third-order valence-electron chi connectivity index (χ3n) is 10.0. The van der Waals surface area contributed by atoms with Crippen molar-refractivity contribution in [2.24, 2.45) is 5.92 Å². The van der Waals surface area contributed by atoms with Gasteiger partial charge in [0.05, 0.1) is 11.3 Å². The van der Waals surface area contributed by atoms with Crippen LogP contribution in [-0.4, -0.2) is 104 Å². The van der Waals surface area contributed by atoms with Crippen LogP contribution >= 0.6 is 23.5 Å². The van der Waals surface area contributed by atoms with Gasteiger partial charge in [-0.05, 0) is 35.7 Å². The molecule has 6 rings (SSSR count). The van der Waals surface area contributed by atoms with Gasteiger partial charge < -0.3 is 29.7 Å². The average Bonchev–Trinajstić information content (AvgIpc) is 3.25. The van der Waals surface area contributed by atoms with E-state index in [0.29, 0.717) is 27.8 Å². The van der Waals surface area contributed by atoms with Crippen molar-refractivity contribution in [3.05, 3.63) is 107 Å². The standard InChI is InChI=1S/C43H43N5O12S2/c1-6-46-19-20-47(40(55)39(46)54)43(57)44-33(29-17-18-31(58-24(3)49)32(21-29)59-25(4)50)36(52)45-37(62-26(5)51)30-22-61-41-23(2)38(53)48(41)34(30)42(56)60-35(27-13-9-7-10-14-27)28-15-11-8-12-16-28/h7-18,21,23,33,35,37,41H,6,19-20,22H2,1-5H3,(H,44,57)(H,45,52)/t23-,33?,37?,41-/m1/s1. The summed E-state index contributed by atoms with van der Waals surface area (Å²) in [5, 5.41) is 2.97. The van der Waals surface area contributed by atoms with E-state index in [4.69, 9.17) is 14.2 Å². The third-order valence-corrected chi connectivity index (χ3v) is 12.4. The molecule has 17 nitrogen and oxygen atoms in total. The van der Waals surface area contributed by atoms with Crippen LogP contribution in [-0.2, 0) is 43.1 Å². The second-order valence-corrected chi connectivity index (χ2v) is 16.7. The number of nitrogens with one attached hydrogen (secondary N) is 2. The van der Waals surface area contributed by atoms with Crippen LogP contribution in [0.3, 0.4) is 0 Å². The fourth-order valence-electron chi connectivity index (χ4n) is 7.05. The Kier molecular flexibility index (Phi) is 14.2. The van der Waals surface area contributed by atoms with Gasteiger partial charge in [0.2, 0.25) is 11.8 Å². The summed E-state index contributed by atoms with van der Waals surface area (Å²) in [4.78, 5) is 123. The second kappa shape index (κ2) is 19.5. The maximum absolute atomic E-state index is 14.7. The van der Waals surface area contributed by atoms with E-state index in [0.717, 1.165) is 19.9 Å². The largest absolute Gasteiger partial charge is 0.448 e. The van der Waals surface area contributed by atoms with Crippen molar-refractivity contribution in [2.75, 3.05) is 25.4 Å². The van der Waals surface area contributed by atoms with Crippen LogP contribution in [0.5, 0.6) is 11.5 Å². The smallest absolute Gasteiger partial charge is 0.356 e. The van der Waals surface area contributed by atoms with Gasteiger partial charge in [-0.3, -0.25) is 43.4 Å². The van der Waals surface area contributed by atoms with E-state index in [1.54, 1.807) is 62.4 Å². The van der Waals surface area contributed by atoms with E-state index < -0.39 is 75.6 Å². The number of urea groups is 1. The van der Waals surface area contributed by atoms with Gasteiger partial charge in [0.25, 0.3) is 0 Å². The number of thioether (sulfide) groups is 2. The fourth-order valence-corrected chi connectivity index (χ4v) is 9.42. The first-order valence-electron chi connectivity index (χ1n) is 19.5. The second-order valence-electron chi connectivity index (χ2n) is 14.3. The molecule has 0 saturated carbocycles. The van der Waals surface area contributed by atoms with Crippen molar-refractivity contribution in [1.29, 1.82) is 0 Å². The highest BCUT2D eigenvalue weighted by Crippen LogP contribution is 2.46. The van der Waals surface area contributed by atoms with Crippen LogP contribution < -0.4 is 20.1 Å². The topological polar surface area (TPSA) is 215 Å². The van der Waals surface area contributed by atoms with Gasteiger partial charge in [0.15, 0.2) is 22.7 Å². The molecule has 2 fully saturated rings. The minimum absolute atomic E-state index is 0.0330. The molecule has 3 heterocycles. The number of hydrogen-bond acceptors (Lipinski definition) is 14. The van der Waals surface area contributed by atoms with Crippen molar-refractivity contribution >= 4 is 76.2 Å². The number of fused-ring (bicyclic) bond motifs is 1. The number of amides is 6. The highest BCUT2D eigenvalue weighted by atomic mass is 32.2. The zero-order valence-electron chi connectivity index (χ0n) is 34.3. The van der Waals surface area contributed by atoms with E-state index in [1.165, 1.54) is 40.6 Å². The van der Waals surface area contributed by atoms with Crippen molar-refractivity contribution in [1.82, 2.24) is 25.3 Å². The zero-order valence-corrected chi connectivity index (χ0v) is 35.9. The van der Waals surface area contributed by atoms with Crippen LogP contribution in [0.25, 0.3) is 0 Å². The molecule has 6 amide bonds. The zero-order chi connectivity index (χ0) is 44.8. The van der Waals surface area contributed by atoms with Crippen LogP contribution in [0.15, 0.2) is 90.1 Å². The Bertz CT molecular complexity index is 2300. The van der Waals surface area contributed by atoms with E-state index in [9.17, 15) is 43.2 Å². The predicted molar refractivity (Wildman–Crippen MR) is 225 cm³/mol. The summed E-state index contributed by atoms with van der Waals surface area (Å²) in [6.07, 6.45) is -0.913. The molecule has 4 atom stereocenters. The highest BCUT2D eigenvalue weighted by molar-refractivity contribution is 8.14. The molecule has 0 radical (unpaired) electrons. The lowest BCUT2D eigenvalue weighted by atomic mass is 9.97. The van der Waals surface area contributed by atoms with Gasteiger partial charge >= 0.3 is 35.8 Å². The molecule has 3 aromatic rings. The maximum Gasteiger partial charge on any atom is 0.356 e. The average molecular weight is 886 g/mol. The molecule has 19 heteroatoms. The number of nitrogens with zero attached hydrogens (tertiary/aromatic N) is 3. The maximum atomic E-state index is 14.7. The van der Waals surface area contributed by atoms with Crippen LogP contribution in [0.4, 0.5) is 4.79 Å². The Hall–Kier alpha value is -6.47.